The summed E-state index contributed by atoms with van der Waals surface area (Å²) in [6.07, 6.45) is 0. The van der Waals surface area contributed by atoms with E-state index in [4.69, 9.17) is 0 Å². The lowest BCUT2D eigenvalue weighted by Gasteiger charge is -2.09. The standard InChI is InChI=1S/C9H16O/c1-6(2)8(5)9(10)7(3)4/h6-7H,5H2,1-4H3. The molecule has 0 spiro atoms. The molecular weight excluding hydrogens is 124 g/mol. The van der Waals surface area contributed by atoms with Crippen LogP contribution >= 0.6 is 0 Å². The number of Topliss-reactive ketones (excluding diaryl/α,β-unsaturated/α-hetero) is 1. The molecule has 1 nitrogen and oxygen atoms in total. The Morgan fingerprint density at radius 3 is 1.60 bits per heavy atom. The minimum atomic E-state index is 0.0925. The molecule has 0 aromatic heterocycles. The quantitative estimate of drug-likeness (QED) is 0.550. The summed E-state index contributed by atoms with van der Waals surface area (Å²) in [4.78, 5) is 11.2. The van der Waals surface area contributed by atoms with Gasteiger partial charge in [0.25, 0.3) is 0 Å². The predicted octanol–water partition coefficient (Wildman–Crippen LogP) is 2.42. The molecule has 10 heavy (non-hydrogen) atoms. The largest absolute Gasteiger partial charge is 0.294 e. The molecule has 0 aromatic rings. The van der Waals surface area contributed by atoms with E-state index in [2.05, 4.69) is 6.58 Å². The van der Waals surface area contributed by atoms with Gasteiger partial charge in [-0.2, -0.15) is 0 Å². The van der Waals surface area contributed by atoms with Crippen LogP contribution in [0.1, 0.15) is 27.7 Å². The van der Waals surface area contributed by atoms with Crippen molar-refractivity contribution in [3.8, 4) is 0 Å². The fourth-order valence-electron chi connectivity index (χ4n) is 0.655. The highest BCUT2D eigenvalue weighted by atomic mass is 16.1. The SMILES string of the molecule is C=C(C(=O)C(C)C)C(C)C. The van der Waals surface area contributed by atoms with Crippen molar-refractivity contribution in [1.82, 2.24) is 0 Å². The van der Waals surface area contributed by atoms with Gasteiger partial charge in [-0.1, -0.05) is 34.3 Å². The van der Waals surface area contributed by atoms with Crippen LogP contribution in [0.5, 0.6) is 0 Å². The maximum absolute atomic E-state index is 11.2. The predicted molar refractivity (Wildman–Crippen MR) is 43.8 cm³/mol. The highest BCUT2D eigenvalue weighted by Crippen LogP contribution is 2.12. The number of carbonyl (C=O) groups is 1. The molecule has 0 bridgehead atoms. The minimum absolute atomic E-state index is 0.0925. The summed E-state index contributed by atoms with van der Waals surface area (Å²) in [5.41, 5.74) is 0.745. The van der Waals surface area contributed by atoms with Crippen molar-refractivity contribution in [2.45, 2.75) is 27.7 Å². The van der Waals surface area contributed by atoms with Gasteiger partial charge < -0.3 is 0 Å². The summed E-state index contributed by atoms with van der Waals surface area (Å²) in [7, 11) is 0. The fourth-order valence-corrected chi connectivity index (χ4v) is 0.655. The first-order chi connectivity index (χ1) is 4.46. The maximum atomic E-state index is 11.2. The van der Waals surface area contributed by atoms with Crippen LogP contribution in [-0.2, 0) is 4.79 Å². The number of hydrogen-bond acceptors (Lipinski definition) is 1. The Labute approximate surface area is 63.1 Å². The van der Waals surface area contributed by atoms with Crippen LogP contribution in [0.25, 0.3) is 0 Å². The van der Waals surface area contributed by atoms with Crippen molar-refractivity contribution in [3.05, 3.63) is 12.2 Å². The maximum Gasteiger partial charge on any atom is 0.161 e. The Hall–Kier alpha value is -0.590. The van der Waals surface area contributed by atoms with Crippen LogP contribution in [0.2, 0.25) is 0 Å². The Morgan fingerprint density at radius 1 is 1.10 bits per heavy atom. The van der Waals surface area contributed by atoms with E-state index in [9.17, 15) is 4.79 Å². The van der Waals surface area contributed by atoms with Gasteiger partial charge in [0.1, 0.15) is 0 Å². The zero-order valence-electron chi connectivity index (χ0n) is 7.27. The van der Waals surface area contributed by atoms with E-state index in [0.717, 1.165) is 5.57 Å². The first-order valence-electron chi connectivity index (χ1n) is 3.69. The van der Waals surface area contributed by atoms with E-state index in [1.807, 2.05) is 27.7 Å². The van der Waals surface area contributed by atoms with Gasteiger partial charge in [-0.3, -0.25) is 4.79 Å². The number of hydrogen-bond donors (Lipinski definition) is 0. The van der Waals surface area contributed by atoms with Crippen LogP contribution in [0.15, 0.2) is 12.2 Å². The molecule has 0 N–H and O–H groups in total. The second-order valence-electron chi connectivity index (χ2n) is 3.20. The summed E-state index contributed by atoms with van der Waals surface area (Å²) in [5.74, 6) is 0.569. The zero-order chi connectivity index (χ0) is 8.31. The highest BCUT2D eigenvalue weighted by Gasteiger charge is 2.13. The summed E-state index contributed by atoms with van der Waals surface area (Å²) < 4.78 is 0. The number of allylic oxidation sites excluding steroid dienone is 1. The van der Waals surface area contributed by atoms with Crippen molar-refractivity contribution in [2.24, 2.45) is 11.8 Å². The Morgan fingerprint density at radius 2 is 1.50 bits per heavy atom. The van der Waals surface area contributed by atoms with Crippen molar-refractivity contribution < 1.29 is 4.79 Å². The molecule has 0 aliphatic rings. The molecule has 0 fully saturated rings. The molecule has 58 valence electrons. The first-order valence-corrected chi connectivity index (χ1v) is 3.69. The lowest BCUT2D eigenvalue weighted by molar-refractivity contribution is -0.118. The van der Waals surface area contributed by atoms with Gasteiger partial charge in [-0.25, -0.2) is 0 Å². The molecule has 1 heteroatoms. The highest BCUT2D eigenvalue weighted by molar-refractivity contribution is 5.96. The van der Waals surface area contributed by atoms with Gasteiger partial charge in [0, 0.05) is 5.92 Å². The third-order valence-corrected chi connectivity index (χ3v) is 1.54. The Balaban J connectivity index is 4.10. The van der Waals surface area contributed by atoms with Gasteiger partial charge >= 0.3 is 0 Å². The van der Waals surface area contributed by atoms with E-state index >= 15 is 0 Å². The van der Waals surface area contributed by atoms with E-state index in [1.165, 1.54) is 0 Å². The minimum Gasteiger partial charge on any atom is -0.294 e. The molecule has 0 saturated heterocycles. The molecule has 0 rings (SSSR count). The molecule has 0 radical (unpaired) electrons. The van der Waals surface area contributed by atoms with Crippen LogP contribution in [0, 0.1) is 11.8 Å². The van der Waals surface area contributed by atoms with Crippen molar-refractivity contribution >= 4 is 5.78 Å². The molecule has 0 heterocycles. The van der Waals surface area contributed by atoms with Crippen molar-refractivity contribution in [3.63, 3.8) is 0 Å². The Bertz CT molecular complexity index is 125. The lowest BCUT2D eigenvalue weighted by Crippen LogP contribution is -2.13. The molecular formula is C9H16O. The molecule has 0 unspecified atom stereocenters. The second-order valence-corrected chi connectivity index (χ2v) is 3.20. The lowest BCUT2D eigenvalue weighted by atomic mass is 9.94. The van der Waals surface area contributed by atoms with Crippen LogP contribution in [-0.4, -0.2) is 5.78 Å². The molecule has 0 saturated carbocycles. The van der Waals surface area contributed by atoms with Gasteiger partial charge in [-0.15, -0.1) is 0 Å². The number of carbonyl (C=O) groups excluding carboxylic acids is 1. The smallest absolute Gasteiger partial charge is 0.161 e. The third-order valence-electron chi connectivity index (χ3n) is 1.54. The number of rotatable bonds is 3. The summed E-state index contributed by atoms with van der Waals surface area (Å²) in [6.45, 7) is 11.5. The summed E-state index contributed by atoms with van der Waals surface area (Å²) in [6, 6.07) is 0. The van der Waals surface area contributed by atoms with E-state index in [0.29, 0.717) is 0 Å². The molecule has 0 aromatic carbocycles. The monoisotopic (exact) mass is 140 g/mol. The fraction of sp³-hybridized carbons (Fsp3) is 0.667. The number of ketones is 1. The first kappa shape index (κ1) is 9.41. The van der Waals surface area contributed by atoms with Crippen molar-refractivity contribution in [2.75, 3.05) is 0 Å². The molecule has 0 amide bonds. The van der Waals surface area contributed by atoms with Gasteiger partial charge in [0.05, 0.1) is 0 Å². The molecule has 0 aliphatic heterocycles. The van der Waals surface area contributed by atoms with E-state index < -0.39 is 0 Å². The third kappa shape index (κ3) is 2.34. The average Bonchev–Trinajstić information content (AvgIpc) is 1.84. The second kappa shape index (κ2) is 3.55. The van der Waals surface area contributed by atoms with E-state index in [1.54, 1.807) is 0 Å². The molecule has 0 atom stereocenters. The Kier molecular flexibility index (Phi) is 3.34. The van der Waals surface area contributed by atoms with Crippen LogP contribution < -0.4 is 0 Å². The van der Waals surface area contributed by atoms with E-state index in [-0.39, 0.29) is 17.6 Å². The van der Waals surface area contributed by atoms with Gasteiger partial charge in [-0.05, 0) is 11.5 Å². The average molecular weight is 140 g/mol. The van der Waals surface area contributed by atoms with Crippen LogP contribution in [0.3, 0.4) is 0 Å². The molecule has 0 aliphatic carbocycles. The zero-order valence-corrected chi connectivity index (χ0v) is 7.27. The normalized spacial score (nSPS) is 10.6. The van der Waals surface area contributed by atoms with Crippen LogP contribution in [0.4, 0.5) is 0 Å². The van der Waals surface area contributed by atoms with Gasteiger partial charge in [0.15, 0.2) is 5.78 Å². The summed E-state index contributed by atoms with van der Waals surface area (Å²) in [5, 5.41) is 0. The topological polar surface area (TPSA) is 17.1 Å². The van der Waals surface area contributed by atoms with Gasteiger partial charge in [0.2, 0.25) is 0 Å². The van der Waals surface area contributed by atoms with Crippen molar-refractivity contribution in [1.29, 1.82) is 0 Å². The summed E-state index contributed by atoms with van der Waals surface area (Å²) >= 11 is 0.